The van der Waals surface area contributed by atoms with Gasteiger partial charge in [-0.1, -0.05) is 25.8 Å². The van der Waals surface area contributed by atoms with Gasteiger partial charge in [-0.25, -0.2) is 8.42 Å². The van der Waals surface area contributed by atoms with E-state index in [1.165, 1.54) is 10.4 Å². The molecule has 146 valence electrons. The molecule has 1 heterocycles. The van der Waals surface area contributed by atoms with Crippen molar-refractivity contribution in [1.82, 2.24) is 9.62 Å². The van der Waals surface area contributed by atoms with Gasteiger partial charge in [-0.15, -0.1) is 0 Å². The Hall–Kier alpha value is -1.48. The van der Waals surface area contributed by atoms with Gasteiger partial charge in [-0.05, 0) is 31.0 Å². The lowest BCUT2D eigenvalue weighted by Crippen LogP contribution is -2.41. The second-order valence-corrected chi connectivity index (χ2v) is 8.45. The van der Waals surface area contributed by atoms with Crippen LogP contribution in [0.2, 0.25) is 0 Å². The lowest BCUT2D eigenvalue weighted by Gasteiger charge is -2.27. The first-order chi connectivity index (χ1) is 12.4. The number of ether oxygens (including phenoxy) is 1. The third-order valence-electron chi connectivity index (χ3n) is 4.56. The van der Waals surface area contributed by atoms with Gasteiger partial charge in [0.05, 0.1) is 18.1 Å². The van der Waals surface area contributed by atoms with Crippen LogP contribution in [0, 0.1) is 6.92 Å². The molecule has 1 saturated heterocycles. The summed E-state index contributed by atoms with van der Waals surface area (Å²) in [5.41, 5.74) is 6.68. The number of sulfonamides is 1. The number of aryl methyl sites for hydroxylation is 1. The maximum atomic E-state index is 12.9. The third-order valence-corrected chi connectivity index (χ3v) is 6.60. The molecule has 0 bridgehead atoms. The summed E-state index contributed by atoms with van der Waals surface area (Å²) >= 11 is 0. The van der Waals surface area contributed by atoms with Gasteiger partial charge in [-0.2, -0.15) is 4.31 Å². The third kappa shape index (κ3) is 5.03. The molecule has 1 aromatic carbocycles. The maximum absolute atomic E-state index is 12.9. The summed E-state index contributed by atoms with van der Waals surface area (Å²) < 4.78 is 32.5. The molecule has 1 amide bonds. The second kappa shape index (κ2) is 9.45. The number of hydrogen-bond donors (Lipinski definition) is 2. The molecule has 0 aromatic heterocycles. The smallest absolute Gasteiger partial charge is 0.251 e. The van der Waals surface area contributed by atoms with E-state index >= 15 is 0 Å². The molecular weight excluding hydrogens is 354 g/mol. The van der Waals surface area contributed by atoms with Crippen molar-refractivity contribution in [2.75, 3.05) is 32.8 Å². The number of hydrogen-bond acceptors (Lipinski definition) is 5. The van der Waals surface area contributed by atoms with Gasteiger partial charge in [0.1, 0.15) is 0 Å². The Morgan fingerprint density at radius 3 is 2.65 bits per heavy atom. The van der Waals surface area contributed by atoms with Crippen molar-refractivity contribution in [3.8, 4) is 0 Å². The average Bonchev–Trinajstić information content (AvgIpc) is 2.65. The highest BCUT2D eigenvalue weighted by Gasteiger charge is 2.28. The van der Waals surface area contributed by atoms with Gasteiger partial charge in [-0.3, -0.25) is 4.79 Å². The Morgan fingerprint density at radius 2 is 2.04 bits per heavy atom. The first-order valence-electron chi connectivity index (χ1n) is 9.09. The summed E-state index contributed by atoms with van der Waals surface area (Å²) in [4.78, 5) is 12.7. The number of amides is 1. The molecule has 8 heteroatoms. The predicted octanol–water partition coefficient (Wildman–Crippen LogP) is 1.26. The highest BCUT2D eigenvalue weighted by Crippen LogP contribution is 2.22. The Morgan fingerprint density at radius 1 is 1.35 bits per heavy atom. The summed E-state index contributed by atoms with van der Waals surface area (Å²) in [6, 6.07) is 4.67. The van der Waals surface area contributed by atoms with E-state index in [4.69, 9.17) is 10.5 Å². The molecule has 7 nitrogen and oxygen atoms in total. The summed E-state index contributed by atoms with van der Waals surface area (Å²) in [6.07, 6.45) is 2.81. The van der Waals surface area contributed by atoms with E-state index < -0.39 is 10.0 Å². The number of nitrogens with two attached hydrogens (primary N) is 1. The quantitative estimate of drug-likeness (QED) is 0.704. The van der Waals surface area contributed by atoms with Crippen LogP contribution in [0.1, 0.15) is 42.1 Å². The molecule has 0 aliphatic carbocycles. The van der Waals surface area contributed by atoms with Gasteiger partial charge >= 0.3 is 0 Å². The lowest BCUT2D eigenvalue weighted by atomic mass is 10.1. The number of benzene rings is 1. The van der Waals surface area contributed by atoms with Crippen LogP contribution < -0.4 is 11.1 Å². The first-order valence-corrected chi connectivity index (χ1v) is 10.5. The highest BCUT2D eigenvalue weighted by atomic mass is 32.2. The van der Waals surface area contributed by atoms with Crippen LogP contribution in [0.5, 0.6) is 0 Å². The van der Waals surface area contributed by atoms with Gasteiger partial charge in [0.2, 0.25) is 10.0 Å². The van der Waals surface area contributed by atoms with Crippen molar-refractivity contribution in [2.45, 2.75) is 44.0 Å². The van der Waals surface area contributed by atoms with E-state index in [0.717, 1.165) is 19.3 Å². The molecule has 1 aliphatic rings. The number of carbonyl (C=O) groups is 1. The van der Waals surface area contributed by atoms with E-state index in [2.05, 4.69) is 12.2 Å². The van der Waals surface area contributed by atoms with Crippen LogP contribution in [0.3, 0.4) is 0 Å². The molecule has 1 atom stereocenters. The molecule has 0 saturated carbocycles. The van der Waals surface area contributed by atoms with Crippen LogP contribution in [0.4, 0.5) is 0 Å². The number of nitrogens with one attached hydrogen (secondary N) is 1. The molecule has 0 spiro atoms. The second-order valence-electron chi connectivity index (χ2n) is 6.55. The molecule has 1 unspecified atom stereocenters. The number of carbonyl (C=O) groups excluding carboxylic acids is 1. The van der Waals surface area contributed by atoms with Crippen LogP contribution >= 0.6 is 0 Å². The van der Waals surface area contributed by atoms with Crippen molar-refractivity contribution < 1.29 is 17.9 Å². The molecule has 1 aliphatic heterocycles. The normalized spacial score (nSPS) is 17.0. The summed E-state index contributed by atoms with van der Waals surface area (Å²) in [5.74, 6) is -0.296. The van der Waals surface area contributed by atoms with Crippen molar-refractivity contribution in [1.29, 1.82) is 0 Å². The summed E-state index contributed by atoms with van der Waals surface area (Å²) in [5, 5.41) is 2.90. The first kappa shape index (κ1) is 20.8. The van der Waals surface area contributed by atoms with Gasteiger partial charge in [0.25, 0.3) is 5.91 Å². The Balaban J connectivity index is 2.21. The van der Waals surface area contributed by atoms with Gasteiger partial charge in [0.15, 0.2) is 0 Å². The van der Waals surface area contributed by atoms with E-state index in [-0.39, 0.29) is 16.8 Å². The summed E-state index contributed by atoms with van der Waals surface area (Å²) in [6.45, 7) is 5.59. The Bertz CT molecular complexity index is 715. The number of morpholine rings is 1. The van der Waals surface area contributed by atoms with Gasteiger partial charge in [0, 0.05) is 31.2 Å². The van der Waals surface area contributed by atoms with Crippen molar-refractivity contribution in [2.24, 2.45) is 5.73 Å². The average molecular weight is 384 g/mol. The van der Waals surface area contributed by atoms with Crippen LogP contribution in [-0.2, 0) is 14.8 Å². The van der Waals surface area contributed by atoms with Crippen LogP contribution in [0.25, 0.3) is 0 Å². The topological polar surface area (TPSA) is 102 Å². The number of rotatable bonds is 8. The highest BCUT2D eigenvalue weighted by molar-refractivity contribution is 7.89. The molecule has 26 heavy (non-hydrogen) atoms. The predicted molar refractivity (Wildman–Crippen MR) is 101 cm³/mol. The fraction of sp³-hybridized carbons (Fsp3) is 0.611. The van der Waals surface area contributed by atoms with Gasteiger partial charge < -0.3 is 15.8 Å². The van der Waals surface area contributed by atoms with E-state index in [0.29, 0.717) is 44.0 Å². The molecule has 0 radical (unpaired) electrons. The van der Waals surface area contributed by atoms with Crippen molar-refractivity contribution >= 4 is 15.9 Å². The van der Waals surface area contributed by atoms with Crippen molar-refractivity contribution in [3.05, 3.63) is 29.3 Å². The molecular formula is C18H29N3O4S. The monoisotopic (exact) mass is 383 g/mol. The Labute approximate surface area is 155 Å². The van der Waals surface area contributed by atoms with Crippen molar-refractivity contribution in [3.63, 3.8) is 0 Å². The van der Waals surface area contributed by atoms with E-state index in [1.807, 2.05) is 0 Å². The fourth-order valence-corrected chi connectivity index (χ4v) is 4.57. The lowest BCUT2D eigenvalue weighted by molar-refractivity contribution is 0.0730. The zero-order valence-corrected chi connectivity index (χ0v) is 16.3. The SMILES string of the molecule is CCCCC(CN)NC(=O)c1ccc(C)c(S(=O)(=O)N2CCOCC2)c1. The molecule has 1 fully saturated rings. The van der Waals surface area contributed by atoms with E-state index in [1.54, 1.807) is 19.1 Å². The number of nitrogens with zero attached hydrogens (tertiary/aromatic N) is 1. The zero-order valence-electron chi connectivity index (χ0n) is 15.5. The van der Waals surface area contributed by atoms with E-state index in [9.17, 15) is 13.2 Å². The minimum absolute atomic E-state index is 0.108. The minimum atomic E-state index is -3.65. The largest absolute Gasteiger partial charge is 0.379 e. The molecule has 1 aromatic rings. The minimum Gasteiger partial charge on any atom is -0.379 e. The zero-order chi connectivity index (χ0) is 19.2. The fourth-order valence-electron chi connectivity index (χ4n) is 2.91. The Kier molecular flexibility index (Phi) is 7.57. The number of unbranched alkanes of at least 4 members (excludes halogenated alkanes) is 1. The summed E-state index contributed by atoms with van der Waals surface area (Å²) in [7, 11) is -3.65. The van der Waals surface area contributed by atoms with Crippen LogP contribution in [-0.4, -0.2) is 57.5 Å². The van der Waals surface area contributed by atoms with Crippen LogP contribution in [0.15, 0.2) is 23.1 Å². The molecule has 3 N–H and O–H groups in total. The standard InChI is InChI=1S/C18H29N3O4S/c1-3-4-5-16(13-19)20-18(22)15-7-6-14(2)17(12-15)26(23,24)21-8-10-25-11-9-21/h6-7,12,16H,3-5,8-11,13,19H2,1-2H3,(H,20,22). The molecule has 2 rings (SSSR count). The maximum Gasteiger partial charge on any atom is 0.251 e.